The van der Waals surface area contributed by atoms with Gasteiger partial charge in [-0.25, -0.2) is 0 Å². The predicted octanol–water partition coefficient (Wildman–Crippen LogP) is 0.106. The van der Waals surface area contributed by atoms with Gasteiger partial charge in [0.05, 0.1) is 0 Å². The Bertz CT molecular complexity index is 85.1. The molecule has 2 radical (unpaired) electrons. The Balaban J connectivity index is -0.0000000112. The molecule has 0 unspecified atom stereocenters. The molecule has 0 amide bonds. The zero-order valence-corrected chi connectivity index (χ0v) is 9.77. The molecule has 0 saturated heterocycles. The zero-order chi connectivity index (χ0) is 7.15. The Morgan fingerprint density at radius 3 is 1.00 bits per heavy atom. The fourth-order valence-corrected chi connectivity index (χ4v) is 0. The fraction of sp³-hybridized carbons (Fsp3) is 0.500. The standard InChI is InChI=1S/2C2H4O2.BrH.Co.Mn.Na.H/c2*1-2(3)4;;;;;/h2*1H3,(H,3,4);1H;;;;. The van der Waals surface area contributed by atoms with Gasteiger partial charge in [0.15, 0.2) is 0 Å². The van der Waals surface area contributed by atoms with E-state index >= 15 is 0 Å². The molecule has 8 heteroatoms. The van der Waals surface area contributed by atoms with Crippen molar-refractivity contribution in [2.45, 2.75) is 13.8 Å². The molecule has 74 valence electrons. The van der Waals surface area contributed by atoms with Crippen LogP contribution in [0.1, 0.15) is 13.8 Å². The first kappa shape index (κ1) is 37.6. The second-order valence-electron chi connectivity index (χ2n) is 1.04. The van der Waals surface area contributed by atoms with Crippen molar-refractivity contribution in [1.29, 1.82) is 0 Å². The molecule has 0 aromatic heterocycles. The van der Waals surface area contributed by atoms with E-state index in [1.54, 1.807) is 0 Å². The summed E-state index contributed by atoms with van der Waals surface area (Å²) in [5.41, 5.74) is 0. The second-order valence-corrected chi connectivity index (χ2v) is 1.04. The molecular formula is C4H10BrCoMnNaO4. The van der Waals surface area contributed by atoms with E-state index in [2.05, 4.69) is 0 Å². The van der Waals surface area contributed by atoms with Crippen LogP contribution < -0.4 is 0 Å². The third kappa shape index (κ3) is 597. The van der Waals surface area contributed by atoms with Crippen molar-refractivity contribution in [2.75, 3.05) is 0 Å². The molecule has 0 aliphatic carbocycles. The summed E-state index contributed by atoms with van der Waals surface area (Å²) in [6.07, 6.45) is 0. The topological polar surface area (TPSA) is 74.6 Å². The Morgan fingerprint density at radius 1 is 1.00 bits per heavy atom. The van der Waals surface area contributed by atoms with E-state index < -0.39 is 11.9 Å². The minimum absolute atomic E-state index is 0. The maximum atomic E-state index is 9.00. The van der Waals surface area contributed by atoms with Crippen molar-refractivity contribution < 1.29 is 53.6 Å². The van der Waals surface area contributed by atoms with Crippen LogP contribution in [0.15, 0.2) is 0 Å². The average molecular weight is 339 g/mol. The van der Waals surface area contributed by atoms with Gasteiger partial charge >= 0.3 is 29.6 Å². The number of carboxylic acid groups (broad SMARTS) is 2. The molecule has 0 spiro atoms. The summed E-state index contributed by atoms with van der Waals surface area (Å²) in [5, 5.41) is 14.8. The van der Waals surface area contributed by atoms with Crippen LogP contribution in [0.5, 0.6) is 0 Å². The van der Waals surface area contributed by atoms with E-state index in [1.165, 1.54) is 0 Å². The SMILES string of the molecule is Br.CC(=O)O.CC(=O)O.[Co].[Mn].[NaH]. The minimum atomic E-state index is -0.833. The Kier molecular flexibility index (Phi) is 92.1. The summed E-state index contributed by atoms with van der Waals surface area (Å²) >= 11 is 0. The van der Waals surface area contributed by atoms with Crippen molar-refractivity contribution in [1.82, 2.24) is 0 Å². The average Bonchev–Trinajstić information content (AvgIpc) is 1.25. The molecular weight excluding hydrogens is 329 g/mol. The van der Waals surface area contributed by atoms with Crippen molar-refractivity contribution >= 4 is 58.5 Å². The number of halogens is 1. The fourth-order valence-electron chi connectivity index (χ4n) is 0. The third-order valence-corrected chi connectivity index (χ3v) is 0. The molecule has 0 aliphatic heterocycles. The molecule has 2 N–H and O–H groups in total. The molecule has 0 rings (SSSR count). The Hall–Kier alpha value is 1.45. The zero-order valence-electron chi connectivity index (χ0n) is 5.83. The number of rotatable bonds is 0. The van der Waals surface area contributed by atoms with Gasteiger partial charge in [-0.05, 0) is 0 Å². The van der Waals surface area contributed by atoms with Crippen LogP contribution in [-0.2, 0) is 43.4 Å². The van der Waals surface area contributed by atoms with Crippen molar-refractivity contribution in [3.05, 3.63) is 0 Å². The molecule has 0 heterocycles. The van der Waals surface area contributed by atoms with Gasteiger partial charge in [-0.2, -0.15) is 0 Å². The van der Waals surface area contributed by atoms with E-state index in [0.717, 1.165) is 13.8 Å². The van der Waals surface area contributed by atoms with E-state index in [4.69, 9.17) is 19.8 Å². The number of hydrogen-bond acceptors (Lipinski definition) is 2. The van der Waals surface area contributed by atoms with E-state index in [0.29, 0.717) is 0 Å². The third-order valence-electron chi connectivity index (χ3n) is 0. The molecule has 0 aliphatic rings. The van der Waals surface area contributed by atoms with Crippen LogP contribution in [-0.4, -0.2) is 51.7 Å². The van der Waals surface area contributed by atoms with Crippen LogP contribution in [0.4, 0.5) is 0 Å². The summed E-state index contributed by atoms with van der Waals surface area (Å²) < 4.78 is 0. The summed E-state index contributed by atoms with van der Waals surface area (Å²) in [6, 6.07) is 0. The van der Waals surface area contributed by atoms with E-state index in [-0.39, 0.29) is 80.4 Å². The van der Waals surface area contributed by atoms with Crippen LogP contribution in [0.25, 0.3) is 0 Å². The van der Waals surface area contributed by atoms with Crippen molar-refractivity contribution in [3.8, 4) is 0 Å². The van der Waals surface area contributed by atoms with Gasteiger partial charge < -0.3 is 10.2 Å². The van der Waals surface area contributed by atoms with Gasteiger partial charge in [0.1, 0.15) is 0 Å². The first-order valence-electron chi connectivity index (χ1n) is 1.86. The van der Waals surface area contributed by atoms with Gasteiger partial charge in [0.25, 0.3) is 11.9 Å². The van der Waals surface area contributed by atoms with Crippen LogP contribution in [0.2, 0.25) is 0 Å². The molecule has 0 fully saturated rings. The molecule has 4 nitrogen and oxygen atoms in total. The second kappa shape index (κ2) is 29.4. The van der Waals surface area contributed by atoms with Gasteiger partial charge in [0.2, 0.25) is 0 Å². The first-order chi connectivity index (χ1) is 3.46. The Labute approximate surface area is 125 Å². The molecule has 12 heavy (non-hydrogen) atoms. The van der Waals surface area contributed by atoms with Crippen LogP contribution in [0.3, 0.4) is 0 Å². The van der Waals surface area contributed by atoms with Crippen LogP contribution >= 0.6 is 17.0 Å². The summed E-state index contributed by atoms with van der Waals surface area (Å²) in [4.78, 5) is 18.0. The number of hydrogen-bond donors (Lipinski definition) is 2. The quantitative estimate of drug-likeness (QED) is 0.615. The number of carbonyl (C=O) groups is 2. The van der Waals surface area contributed by atoms with Gasteiger partial charge in [-0.15, -0.1) is 17.0 Å². The van der Waals surface area contributed by atoms with Gasteiger partial charge in [-0.1, -0.05) is 0 Å². The molecule has 0 aromatic rings. The maximum absolute atomic E-state index is 9.00. The summed E-state index contributed by atoms with van der Waals surface area (Å²) in [6.45, 7) is 2.17. The van der Waals surface area contributed by atoms with Crippen molar-refractivity contribution in [2.24, 2.45) is 0 Å². The van der Waals surface area contributed by atoms with E-state index in [9.17, 15) is 0 Å². The number of carboxylic acids is 2. The molecule has 0 saturated carbocycles. The van der Waals surface area contributed by atoms with Gasteiger partial charge in [0, 0.05) is 47.7 Å². The van der Waals surface area contributed by atoms with Gasteiger partial charge in [-0.3, -0.25) is 9.59 Å². The summed E-state index contributed by atoms with van der Waals surface area (Å²) in [7, 11) is 0. The molecule has 0 aromatic carbocycles. The first-order valence-corrected chi connectivity index (χ1v) is 1.86. The van der Waals surface area contributed by atoms with E-state index in [1.807, 2.05) is 0 Å². The van der Waals surface area contributed by atoms with Crippen LogP contribution in [0, 0.1) is 0 Å². The predicted molar refractivity (Wildman–Crippen MR) is 44.1 cm³/mol. The monoisotopic (exact) mass is 338 g/mol. The van der Waals surface area contributed by atoms with Crippen molar-refractivity contribution in [3.63, 3.8) is 0 Å². The Morgan fingerprint density at radius 2 is 1.00 bits per heavy atom. The molecule has 0 bridgehead atoms. The number of aliphatic carboxylic acids is 2. The normalized spacial score (nSPS) is 4.17. The summed E-state index contributed by atoms with van der Waals surface area (Å²) in [5.74, 6) is -1.67. The molecule has 0 atom stereocenters.